The number of benzene rings is 1. The number of para-hydroxylation sites is 1. The van der Waals surface area contributed by atoms with E-state index in [0.717, 1.165) is 21.3 Å². The van der Waals surface area contributed by atoms with Crippen molar-refractivity contribution < 1.29 is 4.79 Å². The smallest absolute Gasteiger partial charge is 0.230 e. The molecule has 0 saturated heterocycles. The quantitative estimate of drug-likeness (QED) is 0.696. The molecule has 3 aromatic rings. The van der Waals surface area contributed by atoms with Crippen molar-refractivity contribution in [2.45, 2.75) is 6.42 Å². The molecule has 0 atom stereocenters. The van der Waals surface area contributed by atoms with Crippen molar-refractivity contribution in [2.75, 3.05) is 24.3 Å². The number of anilines is 2. The van der Waals surface area contributed by atoms with E-state index in [1.54, 1.807) is 28.7 Å². The first kappa shape index (κ1) is 17.0. The van der Waals surface area contributed by atoms with Crippen molar-refractivity contribution in [2.24, 2.45) is 0 Å². The number of thiophene rings is 1. The highest BCUT2D eigenvalue weighted by molar-refractivity contribution is 7.20. The Labute approximate surface area is 153 Å². The summed E-state index contributed by atoms with van der Waals surface area (Å²) in [4.78, 5) is 19.9. The van der Waals surface area contributed by atoms with Crippen molar-refractivity contribution >= 4 is 51.6 Å². The van der Waals surface area contributed by atoms with Crippen LogP contribution in [-0.4, -0.2) is 25.0 Å². The normalized spacial score (nSPS) is 10.6. The van der Waals surface area contributed by atoms with Gasteiger partial charge in [-0.25, -0.2) is 4.98 Å². The van der Waals surface area contributed by atoms with Crippen molar-refractivity contribution in [3.63, 3.8) is 0 Å². The average Bonchev–Trinajstić information content (AvgIpc) is 3.17. The predicted octanol–water partition coefficient (Wildman–Crippen LogP) is 4.77. The van der Waals surface area contributed by atoms with Crippen molar-refractivity contribution in [1.29, 1.82) is 0 Å². The number of carbonyl (C=O) groups is 1. The zero-order chi connectivity index (χ0) is 17.1. The van der Waals surface area contributed by atoms with Crippen LogP contribution in [0.3, 0.4) is 0 Å². The Morgan fingerprint density at radius 2 is 2.08 bits per heavy atom. The van der Waals surface area contributed by atoms with Crippen LogP contribution in [0.2, 0.25) is 5.02 Å². The Bertz CT molecular complexity index is 843. The maximum atomic E-state index is 12.4. The number of carbonyl (C=O) groups excluding carboxylic acids is 1. The van der Waals surface area contributed by atoms with Gasteiger partial charge in [0.1, 0.15) is 5.01 Å². The summed E-state index contributed by atoms with van der Waals surface area (Å²) >= 11 is 9.43. The van der Waals surface area contributed by atoms with E-state index in [4.69, 9.17) is 11.6 Å². The second-order valence-corrected chi connectivity index (χ2v) is 7.59. The Kier molecular flexibility index (Phi) is 5.18. The molecule has 1 N–H and O–H groups in total. The minimum Gasteiger partial charge on any atom is -0.375 e. The molecule has 2 aromatic heterocycles. The molecule has 0 bridgehead atoms. The molecular formula is C17H16ClN3OS2. The van der Waals surface area contributed by atoms with Crippen molar-refractivity contribution in [1.82, 2.24) is 4.98 Å². The molecule has 0 spiro atoms. The number of nitrogens with one attached hydrogen (secondary N) is 1. The molecular weight excluding hydrogens is 362 g/mol. The fraction of sp³-hybridized carbons (Fsp3) is 0.176. The summed E-state index contributed by atoms with van der Waals surface area (Å²) < 4.78 is 0. The highest BCUT2D eigenvalue weighted by Crippen LogP contribution is 2.32. The van der Waals surface area contributed by atoms with Gasteiger partial charge in [0, 0.05) is 19.5 Å². The van der Waals surface area contributed by atoms with Gasteiger partial charge >= 0.3 is 0 Å². The molecule has 0 aliphatic carbocycles. The van der Waals surface area contributed by atoms with E-state index in [9.17, 15) is 4.79 Å². The maximum Gasteiger partial charge on any atom is 0.230 e. The summed E-state index contributed by atoms with van der Waals surface area (Å²) in [6.07, 6.45) is 0.237. The molecule has 3 rings (SSSR count). The monoisotopic (exact) mass is 377 g/mol. The second kappa shape index (κ2) is 7.34. The third kappa shape index (κ3) is 3.77. The van der Waals surface area contributed by atoms with Gasteiger partial charge in [0.15, 0.2) is 0 Å². The molecule has 1 amide bonds. The second-order valence-electron chi connectivity index (χ2n) is 5.38. The van der Waals surface area contributed by atoms with E-state index in [0.29, 0.717) is 10.7 Å². The highest BCUT2D eigenvalue weighted by atomic mass is 35.5. The zero-order valence-corrected chi connectivity index (χ0v) is 15.6. The van der Waals surface area contributed by atoms with Crippen LogP contribution in [0.15, 0.2) is 41.1 Å². The first-order valence-electron chi connectivity index (χ1n) is 7.28. The van der Waals surface area contributed by atoms with Crippen LogP contribution in [0, 0.1) is 0 Å². The molecule has 1 aromatic carbocycles. The van der Waals surface area contributed by atoms with Gasteiger partial charge in [-0.3, -0.25) is 4.79 Å². The molecule has 2 heterocycles. The molecule has 0 saturated carbocycles. The number of thiazole rings is 1. The standard InChI is InChI=1S/C17H16ClN3OS2/c1-21(2)16-12(18)5-3-6-13(16)20-15(22)9-11-10-24-17(19-11)14-7-4-8-23-14/h3-8,10H,9H2,1-2H3,(H,20,22). The zero-order valence-electron chi connectivity index (χ0n) is 13.2. The molecule has 7 heteroatoms. The molecule has 0 fully saturated rings. The third-order valence-corrected chi connectivity index (χ3v) is 5.57. The van der Waals surface area contributed by atoms with Crippen LogP contribution >= 0.6 is 34.3 Å². The van der Waals surface area contributed by atoms with Crippen LogP contribution < -0.4 is 10.2 Å². The summed E-state index contributed by atoms with van der Waals surface area (Å²) in [5.41, 5.74) is 2.27. The lowest BCUT2D eigenvalue weighted by Gasteiger charge is -2.19. The minimum atomic E-state index is -0.108. The Balaban J connectivity index is 1.72. The van der Waals surface area contributed by atoms with Crippen LogP contribution in [0.25, 0.3) is 9.88 Å². The molecule has 24 heavy (non-hydrogen) atoms. The van der Waals surface area contributed by atoms with Gasteiger partial charge in [0.05, 0.1) is 33.4 Å². The summed E-state index contributed by atoms with van der Waals surface area (Å²) in [6.45, 7) is 0. The van der Waals surface area contributed by atoms with E-state index in [2.05, 4.69) is 10.3 Å². The first-order chi connectivity index (χ1) is 11.5. The van der Waals surface area contributed by atoms with E-state index in [1.165, 1.54) is 0 Å². The van der Waals surface area contributed by atoms with E-state index >= 15 is 0 Å². The van der Waals surface area contributed by atoms with E-state index in [1.807, 2.05) is 54.0 Å². The number of aromatic nitrogens is 1. The van der Waals surface area contributed by atoms with Gasteiger partial charge in [0.2, 0.25) is 5.91 Å². The van der Waals surface area contributed by atoms with Crippen LogP contribution in [0.4, 0.5) is 11.4 Å². The summed E-state index contributed by atoms with van der Waals surface area (Å²) in [6, 6.07) is 9.50. The molecule has 124 valence electrons. The molecule has 0 unspecified atom stereocenters. The van der Waals surface area contributed by atoms with E-state index < -0.39 is 0 Å². The first-order valence-corrected chi connectivity index (χ1v) is 9.42. The number of hydrogen-bond acceptors (Lipinski definition) is 5. The molecule has 4 nitrogen and oxygen atoms in total. The lowest BCUT2D eigenvalue weighted by atomic mass is 10.2. The topological polar surface area (TPSA) is 45.2 Å². The number of hydrogen-bond donors (Lipinski definition) is 1. The average molecular weight is 378 g/mol. The fourth-order valence-corrected chi connectivity index (χ4v) is 4.31. The summed E-state index contributed by atoms with van der Waals surface area (Å²) in [5, 5.41) is 8.43. The maximum absolute atomic E-state index is 12.4. The Morgan fingerprint density at radius 3 is 2.79 bits per heavy atom. The van der Waals surface area contributed by atoms with Crippen molar-refractivity contribution in [3.05, 3.63) is 51.8 Å². The predicted molar refractivity (Wildman–Crippen MR) is 104 cm³/mol. The van der Waals surface area contributed by atoms with Gasteiger partial charge in [0.25, 0.3) is 0 Å². The summed E-state index contributed by atoms with van der Waals surface area (Å²) in [7, 11) is 3.79. The number of nitrogens with zero attached hydrogens (tertiary/aromatic N) is 2. The highest BCUT2D eigenvalue weighted by Gasteiger charge is 2.14. The Morgan fingerprint density at radius 1 is 1.25 bits per heavy atom. The van der Waals surface area contributed by atoms with E-state index in [-0.39, 0.29) is 12.3 Å². The van der Waals surface area contributed by atoms with Crippen molar-refractivity contribution in [3.8, 4) is 9.88 Å². The minimum absolute atomic E-state index is 0.108. The largest absolute Gasteiger partial charge is 0.375 e. The lowest BCUT2D eigenvalue weighted by molar-refractivity contribution is -0.115. The van der Waals surface area contributed by atoms with Crippen LogP contribution in [-0.2, 0) is 11.2 Å². The van der Waals surface area contributed by atoms with Gasteiger partial charge < -0.3 is 10.2 Å². The van der Waals surface area contributed by atoms with Crippen LogP contribution in [0.1, 0.15) is 5.69 Å². The van der Waals surface area contributed by atoms with Gasteiger partial charge in [-0.15, -0.1) is 22.7 Å². The SMILES string of the molecule is CN(C)c1c(Cl)cccc1NC(=O)Cc1csc(-c2cccs2)n1. The number of rotatable bonds is 5. The molecule has 0 aliphatic heterocycles. The van der Waals surface area contributed by atoms with Crippen LogP contribution in [0.5, 0.6) is 0 Å². The summed E-state index contributed by atoms with van der Waals surface area (Å²) in [5.74, 6) is -0.108. The number of halogens is 1. The van der Waals surface area contributed by atoms with Gasteiger partial charge in [-0.05, 0) is 23.6 Å². The third-order valence-electron chi connectivity index (χ3n) is 3.33. The molecule has 0 aliphatic rings. The fourth-order valence-electron chi connectivity index (χ4n) is 2.33. The van der Waals surface area contributed by atoms with Gasteiger partial charge in [-0.2, -0.15) is 0 Å². The lowest BCUT2D eigenvalue weighted by Crippen LogP contribution is -2.18. The number of amides is 1. The van der Waals surface area contributed by atoms with Gasteiger partial charge in [-0.1, -0.05) is 23.7 Å². The Hall–Kier alpha value is -1.89. The molecule has 0 radical (unpaired) electrons.